The lowest BCUT2D eigenvalue weighted by Gasteiger charge is -2.04. The number of rotatable bonds is 2. The third-order valence-electron chi connectivity index (χ3n) is 1.90. The Hall–Kier alpha value is -1.64. The van der Waals surface area contributed by atoms with Gasteiger partial charge in [0, 0.05) is 7.05 Å². The molecule has 0 aromatic carbocycles. The molecule has 0 unspecified atom stereocenters. The molecule has 1 aliphatic rings. The van der Waals surface area contributed by atoms with E-state index >= 15 is 0 Å². The highest BCUT2D eigenvalue weighted by Gasteiger charge is 2.32. The molecule has 2 amide bonds. The minimum Gasteiger partial charge on any atom is -0.277 e. The monoisotopic (exact) mass is 207 g/mol. The molecule has 3 heteroatoms. The fraction of sp³-hybridized carbons (Fsp3) is 0.333. The zero-order valence-corrected chi connectivity index (χ0v) is 9.70. The summed E-state index contributed by atoms with van der Waals surface area (Å²) in [6, 6.07) is 0. The summed E-state index contributed by atoms with van der Waals surface area (Å²) >= 11 is 0. The quantitative estimate of drug-likeness (QED) is 0.650. The molecule has 0 saturated heterocycles. The summed E-state index contributed by atoms with van der Waals surface area (Å²) in [5, 5.41) is 0. The molecule has 0 aromatic rings. The normalized spacial score (nSPS) is 15.9. The van der Waals surface area contributed by atoms with Gasteiger partial charge < -0.3 is 0 Å². The molecule has 0 spiro atoms. The van der Waals surface area contributed by atoms with Crippen molar-refractivity contribution in [2.75, 3.05) is 7.05 Å². The lowest BCUT2D eigenvalue weighted by Crippen LogP contribution is -2.26. The van der Waals surface area contributed by atoms with Crippen LogP contribution in [-0.4, -0.2) is 23.8 Å². The highest BCUT2D eigenvalue weighted by Crippen LogP contribution is 2.20. The van der Waals surface area contributed by atoms with Gasteiger partial charge in [0.15, 0.2) is 0 Å². The van der Waals surface area contributed by atoms with Crippen molar-refractivity contribution < 1.29 is 9.59 Å². The predicted molar refractivity (Wildman–Crippen MR) is 61.2 cm³/mol. The van der Waals surface area contributed by atoms with Crippen LogP contribution in [0.15, 0.2) is 36.0 Å². The molecule has 0 fully saturated rings. The number of allylic oxidation sites excluding steroid dienone is 1. The van der Waals surface area contributed by atoms with Crippen molar-refractivity contribution in [3.05, 3.63) is 36.0 Å². The number of nitrogens with zero attached hydrogens (tertiary/aromatic N) is 1. The molecular formula is C12H17NO2. The molecule has 0 saturated carbocycles. The Labute approximate surface area is 90.8 Å². The smallest absolute Gasteiger partial charge is 0.261 e. The van der Waals surface area contributed by atoms with Crippen molar-refractivity contribution in [2.24, 2.45) is 0 Å². The highest BCUT2D eigenvalue weighted by molar-refractivity contribution is 6.21. The van der Waals surface area contributed by atoms with Gasteiger partial charge in [-0.15, -0.1) is 0 Å². The maximum absolute atomic E-state index is 11.4. The van der Waals surface area contributed by atoms with Crippen LogP contribution in [0.2, 0.25) is 0 Å². The Bertz CT molecular complexity index is 338. The second-order valence-corrected chi connectivity index (χ2v) is 2.70. The summed E-state index contributed by atoms with van der Waals surface area (Å²) in [5.41, 5.74) is 0.801. The molecule has 0 atom stereocenters. The summed E-state index contributed by atoms with van der Waals surface area (Å²) in [5.74, 6) is -0.550. The van der Waals surface area contributed by atoms with E-state index in [4.69, 9.17) is 0 Å². The van der Waals surface area contributed by atoms with Gasteiger partial charge in [-0.25, -0.2) is 0 Å². The minimum absolute atomic E-state index is 0.266. The minimum atomic E-state index is -0.284. The summed E-state index contributed by atoms with van der Waals surface area (Å²) in [4.78, 5) is 23.9. The number of hydrogen-bond acceptors (Lipinski definition) is 2. The first-order valence-electron chi connectivity index (χ1n) is 4.95. The van der Waals surface area contributed by atoms with Crippen LogP contribution >= 0.6 is 0 Å². The van der Waals surface area contributed by atoms with Crippen LogP contribution in [0.4, 0.5) is 0 Å². The molecule has 0 bridgehead atoms. The molecule has 0 N–H and O–H groups in total. The SMILES string of the molecule is C=CC1=C(/C=C\C)C(=O)N(C)C1=O.CC. The molecule has 3 nitrogen and oxygen atoms in total. The zero-order chi connectivity index (χ0) is 12.0. The second-order valence-electron chi connectivity index (χ2n) is 2.70. The topological polar surface area (TPSA) is 37.4 Å². The van der Waals surface area contributed by atoms with Crippen molar-refractivity contribution in [2.45, 2.75) is 20.8 Å². The Balaban J connectivity index is 0.000000921. The largest absolute Gasteiger partial charge is 0.277 e. The van der Waals surface area contributed by atoms with Crippen LogP contribution in [-0.2, 0) is 9.59 Å². The van der Waals surface area contributed by atoms with Crippen LogP contribution < -0.4 is 0 Å². The van der Waals surface area contributed by atoms with Gasteiger partial charge in [-0.3, -0.25) is 14.5 Å². The van der Waals surface area contributed by atoms with Crippen molar-refractivity contribution in [3.63, 3.8) is 0 Å². The van der Waals surface area contributed by atoms with Gasteiger partial charge in [-0.2, -0.15) is 0 Å². The summed E-state index contributed by atoms with van der Waals surface area (Å²) < 4.78 is 0. The van der Waals surface area contributed by atoms with Crippen LogP contribution in [0.25, 0.3) is 0 Å². The van der Waals surface area contributed by atoms with Crippen LogP contribution in [0, 0.1) is 0 Å². The molecule has 15 heavy (non-hydrogen) atoms. The van der Waals surface area contributed by atoms with Gasteiger partial charge in [-0.1, -0.05) is 38.7 Å². The van der Waals surface area contributed by atoms with Crippen molar-refractivity contribution in [1.82, 2.24) is 4.90 Å². The summed E-state index contributed by atoms with van der Waals surface area (Å²) in [7, 11) is 1.46. The third-order valence-corrected chi connectivity index (χ3v) is 1.90. The van der Waals surface area contributed by atoms with E-state index in [2.05, 4.69) is 6.58 Å². The van der Waals surface area contributed by atoms with E-state index in [-0.39, 0.29) is 11.8 Å². The fourth-order valence-electron chi connectivity index (χ4n) is 1.21. The van der Waals surface area contributed by atoms with Gasteiger partial charge in [0.25, 0.3) is 11.8 Å². The van der Waals surface area contributed by atoms with Gasteiger partial charge >= 0.3 is 0 Å². The van der Waals surface area contributed by atoms with Gasteiger partial charge in [0.1, 0.15) is 0 Å². The van der Waals surface area contributed by atoms with Crippen LogP contribution in [0.5, 0.6) is 0 Å². The molecular weight excluding hydrogens is 190 g/mol. The standard InChI is InChI=1S/C10H11NO2.C2H6/c1-4-6-8-7(5-2)9(12)11(3)10(8)13;1-2/h4-6H,2H2,1,3H3;1-2H3/b6-4-;. The molecule has 0 radical (unpaired) electrons. The summed E-state index contributed by atoms with van der Waals surface area (Å²) in [6.45, 7) is 9.30. The first-order valence-corrected chi connectivity index (χ1v) is 4.95. The number of imide groups is 1. The molecule has 1 rings (SSSR count). The molecule has 1 aliphatic heterocycles. The maximum atomic E-state index is 11.4. The predicted octanol–water partition coefficient (Wildman–Crippen LogP) is 2.07. The number of carbonyl (C=O) groups excluding carboxylic acids is 2. The van der Waals surface area contributed by atoms with E-state index in [0.717, 1.165) is 4.90 Å². The van der Waals surface area contributed by atoms with Gasteiger partial charge in [0.05, 0.1) is 11.1 Å². The third kappa shape index (κ3) is 2.43. The Morgan fingerprint density at radius 3 is 2.00 bits per heavy atom. The fourth-order valence-corrected chi connectivity index (χ4v) is 1.21. The first-order chi connectivity index (χ1) is 7.13. The Morgan fingerprint density at radius 2 is 1.60 bits per heavy atom. The molecule has 0 aromatic heterocycles. The Morgan fingerprint density at radius 1 is 1.13 bits per heavy atom. The van der Waals surface area contributed by atoms with E-state index < -0.39 is 0 Å². The molecule has 82 valence electrons. The van der Waals surface area contributed by atoms with E-state index in [1.54, 1.807) is 19.1 Å². The lowest BCUT2D eigenvalue weighted by atomic mass is 10.1. The zero-order valence-electron chi connectivity index (χ0n) is 9.70. The average Bonchev–Trinajstić information content (AvgIpc) is 2.47. The lowest BCUT2D eigenvalue weighted by molar-refractivity contribution is -0.135. The number of hydrogen-bond donors (Lipinski definition) is 0. The van der Waals surface area contributed by atoms with Crippen molar-refractivity contribution in [3.8, 4) is 0 Å². The molecule has 1 heterocycles. The van der Waals surface area contributed by atoms with Gasteiger partial charge in [-0.05, 0) is 6.92 Å². The van der Waals surface area contributed by atoms with Crippen LogP contribution in [0.3, 0.4) is 0 Å². The number of amides is 2. The number of likely N-dealkylation sites (N-methyl/N-ethyl adjacent to an activating group) is 1. The highest BCUT2D eigenvalue weighted by atomic mass is 16.2. The second kappa shape index (κ2) is 5.96. The van der Waals surface area contributed by atoms with E-state index in [9.17, 15) is 9.59 Å². The Kier molecular flexibility index (Phi) is 5.31. The van der Waals surface area contributed by atoms with Crippen molar-refractivity contribution in [1.29, 1.82) is 0 Å². The van der Waals surface area contributed by atoms with E-state index in [0.29, 0.717) is 11.1 Å². The summed E-state index contributed by atoms with van der Waals surface area (Å²) in [6.07, 6.45) is 4.77. The van der Waals surface area contributed by atoms with Crippen LogP contribution in [0.1, 0.15) is 20.8 Å². The van der Waals surface area contributed by atoms with E-state index in [1.165, 1.54) is 13.1 Å². The number of carbonyl (C=O) groups is 2. The van der Waals surface area contributed by atoms with Crippen molar-refractivity contribution >= 4 is 11.8 Å². The first kappa shape index (κ1) is 13.4. The molecule has 0 aliphatic carbocycles. The maximum Gasteiger partial charge on any atom is 0.261 e. The van der Waals surface area contributed by atoms with Gasteiger partial charge in [0.2, 0.25) is 0 Å². The average molecular weight is 207 g/mol. The van der Waals surface area contributed by atoms with E-state index in [1.807, 2.05) is 13.8 Å².